The van der Waals surface area contributed by atoms with Crippen LogP contribution in [0.4, 0.5) is 11.4 Å². The summed E-state index contributed by atoms with van der Waals surface area (Å²) in [6.07, 6.45) is 1.49. The molecule has 3 rings (SSSR count). The quantitative estimate of drug-likeness (QED) is 0.217. The van der Waals surface area contributed by atoms with E-state index < -0.39 is 10.8 Å². The van der Waals surface area contributed by atoms with Gasteiger partial charge in [0.1, 0.15) is 24.0 Å². The average molecular weight is 448 g/mol. The standard InChI is InChI=1S/C24H18ClN3O4/c1-16-12-20(25)6-11-23(16)27-24(29)19(14-26)13-17-4-9-22(10-5-17)32-15-18-2-7-21(8-3-18)28(30)31/h2-13H,15H2,1H3,(H,27,29)/b19-13+. The van der Waals surface area contributed by atoms with Crippen molar-refractivity contribution in [2.45, 2.75) is 13.5 Å². The summed E-state index contributed by atoms with van der Waals surface area (Å²) in [6.45, 7) is 2.06. The molecule has 32 heavy (non-hydrogen) atoms. The van der Waals surface area contributed by atoms with Gasteiger partial charge in [0.05, 0.1) is 4.92 Å². The molecular formula is C24H18ClN3O4. The zero-order valence-electron chi connectivity index (χ0n) is 17.0. The number of carbonyl (C=O) groups excluding carboxylic acids is 1. The Bertz CT molecular complexity index is 1210. The number of nitrogens with zero attached hydrogens (tertiary/aromatic N) is 2. The van der Waals surface area contributed by atoms with Gasteiger partial charge >= 0.3 is 0 Å². The third-order valence-electron chi connectivity index (χ3n) is 4.55. The molecule has 3 aromatic carbocycles. The molecule has 0 aliphatic rings. The second-order valence-electron chi connectivity index (χ2n) is 6.86. The van der Waals surface area contributed by atoms with Crippen LogP contribution in [0.25, 0.3) is 6.08 Å². The summed E-state index contributed by atoms with van der Waals surface area (Å²) in [5.74, 6) is 0.0664. The van der Waals surface area contributed by atoms with Crippen LogP contribution in [0.1, 0.15) is 16.7 Å². The smallest absolute Gasteiger partial charge is 0.269 e. The molecule has 8 heteroatoms. The summed E-state index contributed by atoms with van der Waals surface area (Å²) in [6, 6.07) is 20.0. The van der Waals surface area contributed by atoms with Crippen LogP contribution in [0.5, 0.6) is 5.75 Å². The maximum atomic E-state index is 12.5. The molecule has 1 amide bonds. The third-order valence-corrected chi connectivity index (χ3v) is 4.78. The van der Waals surface area contributed by atoms with E-state index in [9.17, 15) is 20.2 Å². The number of rotatable bonds is 7. The lowest BCUT2D eigenvalue weighted by Gasteiger charge is -2.08. The number of halogens is 1. The Morgan fingerprint density at radius 1 is 1.16 bits per heavy atom. The maximum absolute atomic E-state index is 12.5. The summed E-state index contributed by atoms with van der Waals surface area (Å²) < 4.78 is 5.68. The summed E-state index contributed by atoms with van der Waals surface area (Å²) in [5.41, 5.74) is 2.80. The maximum Gasteiger partial charge on any atom is 0.269 e. The lowest BCUT2D eigenvalue weighted by Crippen LogP contribution is -2.14. The molecule has 0 aliphatic carbocycles. The Morgan fingerprint density at radius 2 is 1.84 bits per heavy atom. The van der Waals surface area contributed by atoms with Crippen LogP contribution < -0.4 is 10.1 Å². The number of nitro benzene ring substituents is 1. The summed E-state index contributed by atoms with van der Waals surface area (Å²) in [4.78, 5) is 22.7. The molecule has 0 bridgehead atoms. The van der Waals surface area contributed by atoms with Gasteiger partial charge in [-0.05, 0) is 72.2 Å². The molecule has 0 heterocycles. The fourth-order valence-electron chi connectivity index (χ4n) is 2.81. The number of hydrogen-bond acceptors (Lipinski definition) is 5. The molecule has 3 aromatic rings. The monoisotopic (exact) mass is 447 g/mol. The molecule has 0 saturated heterocycles. The van der Waals surface area contributed by atoms with Crippen LogP contribution in [-0.2, 0) is 11.4 Å². The molecule has 160 valence electrons. The highest BCUT2D eigenvalue weighted by atomic mass is 35.5. The number of nitro groups is 1. The first kappa shape index (κ1) is 22.5. The van der Waals surface area contributed by atoms with Gasteiger partial charge < -0.3 is 10.1 Å². The highest BCUT2D eigenvalue weighted by molar-refractivity contribution is 6.30. The molecule has 0 atom stereocenters. The molecule has 7 nitrogen and oxygen atoms in total. The van der Waals surface area contributed by atoms with Gasteiger partial charge in [-0.15, -0.1) is 0 Å². The van der Waals surface area contributed by atoms with Crippen LogP contribution in [0.2, 0.25) is 5.02 Å². The van der Waals surface area contributed by atoms with Crippen molar-refractivity contribution in [2.24, 2.45) is 0 Å². The first-order chi connectivity index (χ1) is 15.4. The van der Waals surface area contributed by atoms with Gasteiger partial charge in [-0.3, -0.25) is 14.9 Å². The first-order valence-electron chi connectivity index (χ1n) is 9.51. The lowest BCUT2D eigenvalue weighted by atomic mass is 10.1. The topological polar surface area (TPSA) is 105 Å². The fourth-order valence-corrected chi connectivity index (χ4v) is 3.04. The van der Waals surface area contributed by atoms with Crippen molar-refractivity contribution < 1.29 is 14.5 Å². The van der Waals surface area contributed by atoms with Crippen LogP contribution in [-0.4, -0.2) is 10.8 Å². The summed E-state index contributed by atoms with van der Waals surface area (Å²) >= 11 is 5.93. The zero-order valence-corrected chi connectivity index (χ0v) is 17.8. The Hall–Kier alpha value is -4.15. The first-order valence-corrected chi connectivity index (χ1v) is 9.89. The number of benzene rings is 3. The molecule has 0 fully saturated rings. The Labute approximate surface area is 189 Å². The number of carbonyl (C=O) groups is 1. The number of aryl methyl sites for hydroxylation is 1. The highest BCUT2D eigenvalue weighted by Crippen LogP contribution is 2.21. The van der Waals surface area contributed by atoms with E-state index in [0.717, 1.165) is 11.1 Å². The van der Waals surface area contributed by atoms with E-state index in [1.54, 1.807) is 54.6 Å². The molecule has 0 spiro atoms. The van der Waals surface area contributed by atoms with E-state index in [4.69, 9.17) is 16.3 Å². The minimum absolute atomic E-state index is 0.0217. The number of hydrogen-bond donors (Lipinski definition) is 1. The highest BCUT2D eigenvalue weighted by Gasteiger charge is 2.11. The SMILES string of the molecule is Cc1cc(Cl)ccc1NC(=O)/C(C#N)=C/c1ccc(OCc2ccc([N+](=O)[O-])cc2)cc1. The number of anilines is 1. The van der Waals surface area contributed by atoms with Crippen molar-refractivity contribution in [1.82, 2.24) is 0 Å². The normalized spacial score (nSPS) is 10.8. The van der Waals surface area contributed by atoms with Crippen LogP contribution >= 0.6 is 11.6 Å². The number of non-ortho nitro benzene ring substituents is 1. The molecule has 1 N–H and O–H groups in total. The van der Waals surface area contributed by atoms with Crippen molar-refractivity contribution in [3.63, 3.8) is 0 Å². The number of nitriles is 1. The van der Waals surface area contributed by atoms with Crippen LogP contribution in [0, 0.1) is 28.4 Å². The van der Waals surface area contributed by atoms with Crippen molar-refractivity contribution in [2.75, 3.05) is 5.32 Å². The number of ether oxygens (including phenoxy) is 1. The minimum Gasteiger partial charge on any atom is -0.489 e. The van der Waals surface area contributed by atoms with Crippen LogP contribution in [0.15, 0.2) is 72.3 Å². The van der Waals surface area contributed by atoms with Gasteiger partial charge in [0.15, 0.2) is 0 Å². The van der Waals surface area contributed by atoms with Gasteiger partial charge in [0.2, 0.25) is 0 Å². The predicted octanol–water partition coefficient (Wildman–Crippen LogP) is 5.68. The van der Waals surface area contributed by atoms with E-state index >= 15 is 0 Å². The minimum atomic E-state index is -0.517. The molecule has 0 aliphatic heterocycles. The molecule has 0 radical (unpaired) electrons. The molecular weight excluding hydrogens is 430 g/mol. The van der Waals surface area contributed by atoms with Crippen molar-refractivity contribution >= 4 is 35.0 Å². The largest absolute Gasteiger partial charge is 0.489 e. The number of amides is 1. The van der Waals surface area contributed by atoms with Crippen LogP contribution in [0.3, 0.4) is 0 Å². The van der Waals surface area contributed by atoms with E-state index in [1.165, 1.54) is 18.2 Å². The van der Waals surface area contributed by atoms with E-state index in [1.807, 2.05) is 13.0 Å². The van der Waals surface area contributed by atoms with Crippen molar-refractivity contribution in [3.05, 3.63) is 104 Å². The van der Waals surface area contributed by atoms with E-state index in [0.29, 0.717) is 22.0 Å². The van der Waals surface area contributed by atoms with Gasteiger partial charge in [-0.25, -0.2) is 0 Å². The Kier molecular flexibility index (Phi) is 7.21. The second kappa shape index (κ2) is 10.2. The predicted molar refractivity (Wildman–Crippen MR) is 122 cm³/mol. The average Bonchev–Trinajstić information content (AvgIpc) is 2.79. The Balaban J connectivity index is 1.64. The number of nitrogens with one attached hydrogen (secondary N) is 1. The van der Waals surface area contributed by atoms with E-state index in [-0.39, 0.29) is 17.9 Å². The summed E-state index contributed by atoms with van der Waals surface area (Å²) in [5, 5.41) is 23.4. The molecule has 0 unspecified atom stereocenters. The third kappa shape index (κ3) is 5.94. The van der Waals surface area contributed by atoms with Gasteiger partial charge in [0.25, 0.3) is 11.6 Å². The van der Waals surface area contributed by atoms with E-state index in [2.05, 4.69) is 5.32 Å². The zero-order chi connectivity index (χ0) is 23.1. The van der Waals surface area contributed by atoms with Gasteiger partial charge in [-0.2, -0.15) is 5.26 Å². The Morgan fingerprint density at radius 3 is 2.44 bits per heavy atom. The van der Waals surface area contributed by atoms with Crippen molar-refractivity contribution in [3.8, 4) is 11.8 Å². The van der Waals surface area contributed by atoms with Gasteiger partial charge in [-0.1, -0.05) is 23.7 Å². The fraction of sp³-hybridized carbons (Fsp3) is 0.0833. The molecule has 0 aromatic heterocycles. The lowest BCUT2D eigenvalue weighted by molar-refractivity contribution is -0.384. The second-order valence-corrected chi connectivity index (χ2v) is 7.30. The van der Waals surface area contributed by atoms with Gasteiger partial charge in [0, 0.05) is 22.8 Å². The molecule has 0 saturated carbocycles. The van der Waals surface area contributed by atoms with Crippen molar-refractivity contribution in [1.29, 1.82) is 5.26 Å². The summed E-state index contributed by atoms with van der Waals surface area (Å²) in [7, 11) is 0.